The quantitative estimate of drug-likeness (QED) is 0.671. The molecule has 120 valence electrons. The van der Waals surface area contributed by atoms with Crippen LogP contribution in [0, 0.1) is 10.1 Å². The van der Waals surface area contributed by atoms with E-state index >= 15 is 0 Å². The molecule has 0 atom stereocenters. The second kappa shape index (κ2) is 7.11. The molecule has 0 saturated carbocycles. The molecule has 0 fully saturated rings. The highest BCUT2D eigenvalue weighted by Crippen LogP contribution is 2.27. The van der Waals surface area contributed by atoms with Gasteiger partial charge in [0, 0.05) is 31.4 Å². The molecule has 0 saturated heterocycles. The molecule has 1 amide bonds. The number of benzene rings is 2. The number of halogens is 1. The first-order valence-electron chi connectivity index (χ1n) is 6.87. The predicted molar refractivity (Wildman–Crippen MR) is 91.2 cm³/mol. The number of amides is 1. The van der Waals surface area contributed by atoms with Gasteiger partial charge in [-0.1, -0.05) is 29.8 Å². The second-order valence-corrected chi connectivity index (χ2v) is 5.58. The van der Waals surface area contributed by atoms with Gasteiger partial charge >= 0.3 is 0 Å². The molecule has 0 unspecified atom stereocenters. The molecule has 1 N–H and O–H groups in total. The van der Waals surface area contributed by atoms with Crippen LogP contribution in [0.3, 0.4) is 0 Å². The van der Waals surface area contributed by atoms with Crippen molar-refractivity contribution < 1.29 is 9.72 Å². The fraction of sp³-hybridized carbons (Fsp3) is 0.188. The molecule has 2 aromatic carbocycles. The Morgan fingerprint density at radius 1 is 1.26 bits per heavy atom. The van der Waals surface area contributed by atoms with E-state index in [1.807, 2.05) is 19.0 Å². The van der Waals surface area contributed by atoms with Crippen LogP contribution in [0.2, 0.25) is 5.02 Å². The van der Waals surface area contributed by atoms with E-state index in [0.717, 1.165) is 5.69 Å². The van der Waals surface area contributed by atoms with E-state index in [1.54, 1.807) is 36.4 Å². The highest BCUT2D eigenvalue weighted by atomic mass is 35.5. The molecular weight excluding hydrogens is 318 g/mol. The van der Waals surface area contributed by atoms with Gasteiger partial charge in [0.25, 0.3) is 5.69 Å². The Labute approximate surface area is 138 Å². The minimum atomic E-state index is -0.495. The predicted octanol–water partition coefficient (Wildman–Crippen LogP) is 3.50. The molecule has 23 heavy (non-hydrogen) atoms. The number of nitro groups is 1. The smallest absolute Gasteiger partial charge is 0.273 e. The number of carbonyl (C=O) groups excluding carboxylic acids is 1. The summed E-state index contributed by atoms with van der Waals surface area (Å²) in [5.41, 5.74) is 1.68. The van der Waals surface area contributed by atoms with E-state index in [1.165, 1.54) is 6.07 Å². The zero-order valence-electron chi connectivity index (χ0n) is 12.7. The van der Waals surface area contributed by atoms with Crippen LogP contribution in [-0.4, -0.2) is 24.9 Å². The standard InChI is InChI=1S/C16H16ClN3O3/c1-19(2)15-8-7-12(10-13(15)17)18-16(21)9-11-5-3-4-6-14(11)20(22)23/h3-8,10H,9H2,1-2H3,(H,18,21). The van der Waals surface area contributed by atoms with Crippen molar-refractivity contribution in [2.45, 2.75) is 6.42 Å². The first-order valence-corrected chi connectivity index (χ1v) is 7.25. The molecule has 0 radical (unpaired) electrons. The Hall–Kier alpha value is -2.60. The van der Waals surface area contributed by atoms with Crippen molar-refractivity contribution in [2.75, 3.05) is 24.3 Å². The molecule has 0 aliphatic rings. The summed E-state index contributed by atoms with van der Waals surface area (Å²) >= 11 is 6.15. The van der Waals surface area contributed by atoms with Crippen molar-refractivity contribution in [3.05, 3.63) is 63.2 Å². The lowest BCUT2D eigenvalue weighted by molar-refractivity contribution is -0.385. The maximum Gasteiger partial charge on any atom is 0.273 e. The number of hydrogen-bond donors (Lipinski definition) is 1. The summed E-state index contributed by atoms with van der Waals surface area (Å²) in [6, 6.07) is 11.4. The third-order valence-corrected chi connectivity index (χ3v) is 3.56. The lowest BCUT2D eigenvalue weighted by Crippen LogP contribution is -2.15. The monoisotopic (exact) mass is 333 g/mol. The summed E-state index contributed by atoms with van der Waals surface area (Å²) in [6.07, 6.45) is -0.0792. The van der Waals surface area contributed by atoms with Crippen LogP contribution in [0.15, 0.2) is 42.5 Å². The van der Waals surface area contributed by atoms with E-state index in [4.69, 9.17) is 11.6 Å². The number of hydrogen-bond acceptors (Lipinski definition) is 4. The topological polar surface area (TPSA) is 75.5 Å². The maximum absolute atomic E-state index is 12.1. The van der Waals surface area contributed by atoms with Crippen LogP contribution in [0.4, 0.5) is 17.1 Å². The van der Waals surface area contributed by atoms with Crippen molar-refractivity contribution in [3.63, 3.8) is 0 Å². The number of rotatable bonds is 5. The van der Waals surface area contributed by atoms with Gasteiger partial charge in [-0.3, -0.25) is 14.9 Å². The number of nitrogens with zero attached hydrogens (tertiary/aromatic N) is 2. The van der Waals surface area contributed by atoms with Crippen LogP contribution in [0.1, 0.15) is 5.56 Å². The third-order valence-electron chi connectivity index (χ3n) is 3.25. The second-order valence-electron chi connectivity index (χ2n) is 5.17. The summed E-state index contributed by atoms with van der Waals surface area (Å²) in [5, 5.41) is 14.2. The van der Waals surface area contributed by atoms with E-state index < -0.39 is 4.92 Å². The molecule has 0 aliphatic heterocycles. The lowest BCUT2D eigenvalue weighted by atomic mass is 10.1. The van der Waals surface area contributed by atoms with Crippen LogP contribution < -0.4 is 10.2 Å². The first kappa shape index (κ1) is 16.8. The summed E-state index contributed by atoms with van der Waals surface area (Å²) in [7, 11) is 3.74. The van der Waals surface area contributed by atoms with Crippen molar-refractivity contribution >= 4 is 34.6 Å². The zero-order chi connectivity index (χ0) is 17.0. The molecule has 6 nitrogen and oxygen atoms in total. The fourth-order valence-corrected chi connectivity index (χ4v) is 2.51. The number of carbonyl (C=O) groups is 1. The summed E-state index contributed by atoms with van der Waals surface area (Å²) in [6.45, 7) is 0. The van der Waals surface area contributed by atoms with E-state index in [9.17, 15) is 14.9 Å². The zero-order valence-corrected chi connectivity index (χ0v) is 13.5. The fourth-order valence-electron chi connectivity index (χ4n) is 2.16. The Morgan fingerprint density at radius 3 is 2.57 bits per heavy atom. The van der Waals surface area contributed by atoms with Gasteiger partial charge in [-0.15, -0.1) is 0 Å². The van der Waals surface area contributed by atoms with Crippen molar-refractivity contribution in [1.82, 2.24) is 0 Å². The van der Waals surface area contributed by atoms with E-state index in [2.05, 4.69) is 5.32 Å². The third kappa shape index (κ3) is 4.20. The lowest BCUT2D eigenvalue weighted by Gasteiger charge is -2.15. The Morgan fingerprint density at radius 2 is 1.96 bits per heavy atom. The largest absolute Gasteiger partial charge is 0.376 e. The molecule has 0 bridgehead atoms. The first-order chi connectivity index (χ1) is 10.9. The van der Waals surface area contributed by atoms with Gasteiger partial charge in [-0.05, 0) is 18.2 Å². The van der Waals surface area contributed by atoms with Gasteiger partial charge in [-0.25, -0.2) is 0 Å². The minimum Gasteiger partial charge on any atom is -0.376 e. The highest BCUT2D eigenvalue weighted by Gasteiger charge is 2.15. The maximum atomic E-state index is 12.1. The van der Waals surface area contributed by atoms with Crippen LogP contribution in [0.5, 0.6) is 0 Å². The molecule has 7 heteroatoms. The van der Waals surface area contributed by atoms with Crippen molar-refractivity contribution in [1.29, 1.82) is 0 Å². The molecule has 0 heterocycles. The van der Waals surface area contributed by atoms with Crippen molar-refractivity contribution in [2.24, 2.45) is 0 Å². The van der Waals surface area contributed by atoms with Crippen LogP contribution in [0.25, 0.3) is 0 Å². The number of para-hydroxylation sites is 1. The molecule has 0 aliphatic carbocycles. The number of nitrogens with one attached hydrogen (secondary N) is 1. The minimum absolute atomic E-state index is 0.0661. The van der Waals surface area contributed by atoms with Crippen molar-refractivity contribution in [3.8, 4) is 0 Å². The Bertz CT molecular complexity index is 747. The molecule has 0 aromatic heterocycles. The average Bonchev–Trinajstić information content (AvgIpc) is 2.47. The van der Waals surface area contributed by atoms with Gasteiger partial charge in [-0.2, -0.15) is 0 Å². The van der Waals surface area contributed by atoms with Gasteiger partial charge in [0.15, 0.2) is 0 Å². The van der Waals surface area contributed by atoms with E-state index in [-0.39, 0.29) is 18.0 Å². The number of nitro benzene ring substituents is 1. The highest BCUT2D eigenvalue weighted by molar-refractivity contribution is 6.33. The Kier molecular flexibility index (Phi) is 5.18. The summed E-state index contributed by atoms with van der Waals surface area (Å²) < 4.78 is 0. The number of anilines is 2. The molecule has 2 aromatic rings. The summed E-state index contributed by atoms with van der Waals surface area (Å²) in [4.78, 5) is 24.4. The SMILES string of the molecule is CN(C)c1ccc(NC(=O)Cc2ccccc2[N+](=O)[O-])cc1Cl. The van der Waals surface area contributed by atoms with E-state index in [0.29, 0.717) is 16.3 Å². The van der Waals surface area contributed by atoms with Gasteiger partial charge in [0.05, 0.1) is 22.1 Å². The van der Waals surface area contributed by atoms with Gasteiger partial charge in [0.2, 0.25) is 5.91 Å². The molecule has 2 rings (SSSR count). The van der Waals surface area contributed by atoms with Gasteiger partial charge < -0.3 is 10.2 Å². The summed E-state index contributed by atoms with van der Waals surface area (Å²) in [5.74, 6) is -0.340. The van der Waals surface area contributed by atoms with Crippen LogP contribution in [-0.2, 0) is 11.2 Å². The Balaban J connectivity index is 2.12. The van der Waals surface area contributed by atoms with Crippen LogP contribution >= 0.6 is 11.6 Å². The normalized spacial score (nSPS) is 10.2. The molecule has 0 spiro atoms. The average molecular weight is 334 g/mol. The van der Waals surface area contributed by atoms with Gasteiger partial charge in [0.1, 0.15) is 0 Å². The molecular formula is C16H16ClN3O3.